The third kappa shape index (κ3) is 3.47. The minimum absolute atomic E-state index is 0.282. The summed E-state index contributed by atoms with van der Waals surface area (Å²) in [5.41, 5.74) is 1.71. The maximum atomic E-state index is 5.80. The lowest BCUT2D eigenvalue weighted by Crippen LogP contribution is -2.56. The molecule has 0 bridgehead atoms. The molecule has 1 aliphatic rings. The lowest BCUT2D eigenvalue weighted by atomic mass is 9.72. The van der Waals surface area contributed by atoms with Crippen molar-refractivity contribution in [3.63, 3.8) is 0 Å². The second-order valence-electron chi connectivity index (χ2n) is 5.66. The molecule has 0 aromatic heterocycles. The number of para-hydroxylation sites is 1. The maximum absolute atomic E-state index is 5.80. The van der Waals surface area contributed by atoms with Crippen LogP contribution in [0.1, 0.15) is 18.4 Å². The summed E-state index contributed by atoms with van der Waals surface area (Å²) in [6.07, 6.45) is 2.23. The van der Waals surface area contributed by atoms with Gasteiger partial charge in [-0.05, 0) is 42.7 Å². The zero-order valence-electron chi connectivity index (χ0n) is 12.0. The first kappa shape index (κ1) is 14.6. The Morgan fingerprint density at radius 3 is 2.52 bits per heavy atom. The fraction of sp³-hybridized carbons (Fsp3) is 0.333. The first-order valence-corrected chi connectivity index (χ1v) is 8.22. The van der Waals surface area contributed by atoms with E-state index in [-0.39, 0.29) is 5.41 Å². The van der Waals surface area contributed by atoms with E-state index >= 15 is 0 Å². The quantitative estimate of drug-likeness (QED) is 0.794. The largest absolute Gasteiger partial charge is 0.494 e. The van der Waals surface area contributed by atoms with Gasteiger partial charge in [-0.15, -0.1) is 0 Å². The van der Waals surface area contributed by atoms with Crippen LogP contribution < -0.4 is 10.1 Å². The van der Waals surface area contributed by atoms with Crippen molar-refractivity contribution in [3.05, 3.63) is 64.6 Å². The van der Waals surface area contributed by atoms with E-state index in [1.165, 1.54) is 5.56 Å². The van der Waals surface area contributed by atoms with Gasteiger partial charge in [0.1, 0.15) is 5.75 Å². The molecule has 1 saturated heterocycles. The number of hydrogen-bond acceptors (Lipinski definition) is 2. The fourth-order valence-electron chi connectivity index (χ4n) is 2.89. The van der Waals surface area contributed by atoms with Gasteiger partial charge >= 0.3 is 0 Å². The molecule has 0 unspecified atom stereocenters. The first-order chi connectivity index (χ1) is 10.3. The van der Waals surface area contributed by atoms with Gasteiger partial charge in [-0.2, -0.15) is 0 Å². The van der Waals surface area contributed by atoms with Crippen molar-refractivity contribution in [2.45, 2.75) is 18.3 Å². The molecule has 2 aromatic carbocycles. The Hall–Kier alpha value is -1.32. The number of halogens is 1. The number of benzene rings is 2. The molecular formula is C18H20BrNO. The average Bonchev–Trinajstić information content (AvgIpc) is 2.47. The molecule has 3 rings (SSSR count). The van der Waals surface area contributed by atoms with Crippen molar-refractivity contribution in [3.8, 4) is 5.75 Å². The first-order valence-electron chi connectivity index (χ1n) is 7.43. The van der Waals surface area contributed by atoms with Crippen LogP contribution in [0.3, 0.4) is 0 Å². The third-order valence-electron chi connectivity index (χ3n) is 4.18. The zero-order valence-corrected chi connectivity index (χ0v) is 13.6. The molecule has 0 aliphatic carbocycles. The van der Waals surface area contributed by atoms with E-state index in [1.807, 2.05) is 30.3 Å². The summed E-state index contributed by atoms with van der Waals surface area (Å²) < 4.78 is 6.96. The molecule has 0 radical (unpaired) electrons. The van der Waals surface area contributed by atoms with E-state index in [2.05, 4.69) is 45.5 Å². The normalized spacial score (nSPS) is 16.2. The van der Waals surface area contributed by atoms with Gasteiger partial charge in [0.15, 0.2) is 0 Å². The second-order valence-corrected chi connectivity index (χ2v) is 6.57. The predicted octanol–water partition coefficient (Wildman–Crippen LogP) is 4.15. The van der Waals surface area contributed by atoms with Crippen LogP contribution in [0.5, 0.6) is 5.75 Å². The monoisotopic (exact) mass is 345 g/mol. The summed E-state index contributed by atoms with van der Waals surface area (Å²) >= 11 is 3.58. The van der Waals surface area contributed by atoms with Crippen LogP contribution in [0.2, 0.25) is 0 Å². The number of hydrogen-bond donors (Lipinski definition) is 1. The summed E-state index contributed by atoms with van der Waals surface area (Å²) in [5, 5.41) is 3.42. The molecule has 21 heavy (non-hydrogen) atoms. The molecule has 0 amide bonds. The Kier molecular flexibility index (Phi) is 4.61. The molecule has 3 heteroatoms. The minimum atomic E-state index is 0.282. The molecule has 1 aliphatic heterocycles. The number of nitrogens with one attached hydrogen (secondary N) is 1. The molecule has 2 aromatic rings. The Balaban J connectivity index is 1.55. The Morgan fingerprint density at radius 1 is 1.05 bits per heavy atom. The van der Waals surface area contributed by atoms with Crippen LogP contribution >= 0.6 is 15.9 Å². The molecule has 1 N–H and O–H groups in total. The topological polar surface area (TPSA) is 21.3 Å². The van der Waals surface area contributed by atoms with Gasteiger partial charge in [-0.3, -0.25) is 0 Å². The molecular weight excluding hydrogens is 326 g/mol. The van der Waals surface area contributed by atoms with Crippen LogP contribution in [-0.4, -0.2) is 19.7 Å². The molecule has 0 spiro atoms. The van der Waals surface area contributed by atoms with Crippen LogP contribution in [0.4, 0.5) is 0 Å². The third-order valence-corrected chi connectivity index (χ3v) is 4.67. The number of ether oxygens (including phenoxy) is 1. The number of rotatable bonds is 6. The van der Waals surface area contributed by atoms with Crippen molar-refractivity contribution >= 4 is 15.9 Å². The van der Waals surface area contributed by atoms with Gasteiger partial charge in [-0.25, -0.2) is 0 Å². The summed E-state index contributed by atoms with van der Waals surface area (Å²) in [7, 11) is 0. The molecule has 1 fully saturated rings. The summed E-state index contributed by atoms with van der Waals surface area (Å²) in [5.74, 6) is 0.959. The molecule has 110 valence electrons. The smallest absolute Gasteiger partial charge is 0.119 e. The van der Waals surface area contributed by atoms with Gasteiger partial charge in [0.05, 0.1) is 6.61 Å². The van der Waals surface area contributed by atoms with E-state index in [1.54, 1.807) is 0 Å². The van der Waals surface area contributed by atoms with Crippen molar-refractivity contribution < 1.29 is 4.74 Å². The molecule has 0 atom stereocenters. The summed E-state index contributed by atoms with van der Waals surface area (Å²) in [4.78, 5) is 0. The predicted molar refractivity (Wildman–Crippen MR) is 89.9 cm³/mol. The minimum Gasteiger partial charge on any atom is -0.494 e. The molecule has 0 saturated carbocycles. The van der Waals surface area contributed by atoms with Crippen LogP contribution in [0.15, 0.2) is 59.1 Å². The van der Waals surface area contributed by atoms with Gasteiger partial charge in [-0.1, -0.05) is 46.3 Å². The highest BCUT2D eigenvalue weighted by Gasteiger charge is 2.37. The van der Waals surface area contributed by atoms with Gasteiger partial charge < -0.3 is 10.1 Å². The van der Waals surface area contributed by atoms with Crippen molar-refractivity contribution in [2.75, 3.05) is 19.7 Å². The van der Waals surface area contributed by atoms with E-state index in [0.717, 1.165) is 42.8 Å². The van der Waals surface area contributed by atoms with E-state index in [4.69, 9.17) is 4.74 Å². The van der Waals surface area contributed by atoms with Gasteiger partial charge in [0, 0.05) is 23.0 Å². The summed E-state index contributed by atoms with van der Waals surface area (Å²) in [6.45, 7) is 2.91. The summed E-state index contributed by atoms with van der Waals surface area (Å²) in [6, 6.07) is 18.7. The van der Waals surface area contributed by atoms with Crippen LogP contribution in [-0.2, 0) is 5.41 Å². The second kappa shape index (κ2) is 6.63. The Bertz CT molecular complexity index is 581. The zero-order chi connectivity index (χ0) is 14.5. The SMILES string of the molecule is Brc1cccc(C2(CCCOc3ccccc3)CNC2)c1. The van der Waals surface area contributed by atoms with Crippen molar-refractivity contribution in [1.82, 2.24) is 5.32 Å². The van der Waals surface area contributed by atoms with Gasteiger partial charge in [0.2, 0.25) is 0 Å². The van der Waals surface area contributed by atoms with Crippen LogP contribution in [0.25, 0.3) is 0 Å². The highest BCUT2D eigenvalue weighted by atomic mass is 79.9. The Morgan fingerprint density at radius 2 is 1.86 bits per heavy atom. The van der Waals surface area contributed by atoms with E-state index < -0.39 is 0 Å². The van der Waals surface area contributed by atoms with E-state index in [0.29, 0.717) is 0 Å². The van der Waals surface area contributed by atoms with Gasteiger partial charge in [0.25, 0.3) is 0 Å². The van der Waals surface area contributed by atoms with E-state index in [9.17, 15) is 0 Å². The maximum Gasteiger partial charge on any atom is 0.119 e. The van der Waals surface area contributed by atoms with Crippen molar-refractivity contribution in [1.29, 1.82) is 0 Å². The van der Waals surface area contributed by atoms with Crippen LogP contribution in [0, 0.1) is 0 Å². The molecule has 2 nitrogen and oxygen atoms in total. The molecule has 1 heterocycles. The lowest BCUT2D eigenvalue weighted by molar-refractivity contribution is 0.223. The Labute approximate surface area is 134 Å². The highest BCUT2D eigenvalue weighted by molar-refractivity contribution is 9.10. The lowest BCUT2D eigenvalue weighted by Gasteiger charge is -2.43. The van der Waals surface area contributed by atoms with Crippen molar-refractivity contribution in [2.24, 2.45) is 0 Å². The standard InChI is InChI=1S/C18H20BrNO/c19-16-7-4-6-15(12-16)18(13-20-14-18)10-5-11-21-17-8-2-1-3-9-17/h1-4,6-9,12,20H,5,10-11,13-14H2. The highest BCUT2D eigenvalue weighted by Crippen LogP contribution is 2.34. The average molecular weight is 346 g/mol. The fourth-order valence-corrected chi connectivity index (χ4v) is 3.29.